The molecule has 1 aliphatic rings. The van der Waals surface area contributed by atoms with Gasteiger partial charge in [0.2, 0.25) is 6.79 Å². The first-order chi connectivity index (χ1) is 12.5. The van der Waals surface area contributed by atoms with Gasteiger partial charge in [-0.2, -0.15) is 5.26 Å². The third kappa shape index (κ3) is 3.59. The molecule has 0 atom stereocenters. The number of nitrogens with zero attached hydrogens (tertiary/aromatic N) is 2. The fourth-order valence-corrected chi connectivity index (χ4v) is 3.72. The second kappa shape index (κ2) is 7.64. The number of carbonyl (C=O) groups is 1. The predicted molar refractivity (Wildman–Crippen MR) is 97.1 cm³/mol. The zero-order valence-electron chi connectivity index (χ0n) is 14.6. The average molecular weight is 373 g/mol. The van der Waals surface area contributed by atoms with Crippen LogP contribution in [-0.4, -0.2) is 31.3 Å². The van der Waals surface area contributed by atoms with Gasteiger partial charge in [-0.3, -0.25) is 4.90 Å². The molecule has 8 heteroatoms. The monoisotopic (exact) mass is 373 g/mol. The number of anilines is 1. The first-order valence-corrected chi connectivity index (χ1v) is 8.90. The zero-order valence-corrected chi connectivity index (χ0v) is 15.4. The molecule has 0 amide bonds. The Morgan fingerprint density at radius 1 is 1.38 bits per heavy atom. The number of nitrogens with two attached hydrogens (primary N) is 1. The smallest absolute Gasteiger partial charge is 0.348 e. The lowest BCUT2D eigenvalue weighted by Gasteiger charge is -2.17. The molecular formula is C18H19N3O4S. The molecule has 0 radical (unpaired) electrons. The maximum absolute atomic E-state index is 12.2. The van der Waals surface area contributed by atoms with Gasteiger partial charge in [0.1, 0.15) is 15.9 Å². The van der Waals surface area contributed by atoms with Crippen molar-refractivity contribution in [3.8, 4) is 17.6 Å². The van der Waals surface area contributed by atoms with Gasteiger partial charge in [-0.25, -0.2) is 4.79 Å². The molecular weight excluding hydrogens is 354 g/mol. The van der Waals surface area contributed by atoms with Crippen LogP contribution in [0.15, 0.2) is 18.2 Å². The van der Waals surface area contributed by atoms with Crippen molar-refractivity contribution >= 4 is 22.3 Å². The average Bonchev–Trinajstić information content (AvgIpc) is 3.18. The summed E-state index contributed by atoms with van der Waals surface area (Å²) in [5.41, 5.74) is 7.91. The number of thiophene rings is 1. The van der Waals surface area contributed by atoms with Gasteiger partial charge in [-0.15, -0.1) is 11.3 Å². The van der Waals surface area contributed by atoms with Crippen LogP contribution in [0, 0.1) is 11.3 Å². The molecule has 7 nitrogen and oxygen atoms in total. The fraction of sp³-hybridized carbons (Fsp3) is 0.333. The van der Waals surface area contributed by atoms with Crippen LogP contribution in [0.5, 0.6) is 11.5 Å². The summed E-state index contributed by atoms with van der Waals surface area (Å²) in [6, 6.07) is 7.86. The van der Waals surface area contributed by atoms with Crippen molar-refractivity contribution in [2.24, 2.45) is 0 Å². The van der Waals surface area contributed by atoms with Crippen molar-refractivity contribution in [1.29, 1.82) is 5.26 Å². The minimum Gasteiger partial charge on any atom is -0.462 e. The topological polar surface area (TPSA) is 97.8 Å². The minimum atomic E-state index is -0.447. The van der Waals surface area contributed by atoms with Crippen LogP contribution in [0.2, 0.25) is 0 Å². The van der Waals surface area contributed by atoms with Crippen LogP contribution >= 0.6 is 11.3 Å². The van der Waals surface area contributed by atoms with E-state index < -0.39 is 5.97 Å². The van der Waals surface area contributed by atoms with Crippen molar-refractivity contribution in [2.45, 2.75) is 20.0 Å². The van der Waals surface area contributed by atoms with Gasteiger partial charge < -0.3 is 19.9 Å². The Hall–Kier alpha value is -2.76. The molecule has 0 aliphatic carbocycles. The first kappa shape index (κ1) is 18.0. The number of hydrogen-bond acceptors (Lipinski definition) is 8. The van der Waals surface area contributed by atoms with Crippen LogP contribution in [0.3, 0.4) is 0 Å². The van der Waals surface area contributed by atoms with Gasteiger partial charge in [0.15, 0.2) is 11.5 Å². The van der Waals surface area contributed by atoms with E-state index in [0.717, 1.165) is 28.4 Å². The lowest BCUT2D eigenvalue weighted by Crippen LogP contribution is -2.19. The summed E-state index contributed by atoms with van der Waals surface area (Å²) < 4.78 is 15.8. The third-order valence-corrected chi connectivity index (χ3v) is 4.97. The standard InChI is InChI=1S/C18H19N3O4S/c1-3-23-18(22)16-13(12(7-19)17(20)26-16)9-21(2)8-11-4-5-14-15(6-11)25-10-24-14/h4-6H,3,8-10,20H2,1-2H3. The maximum atomic E-state index is 12.2. The van der Waals surface area contributed by atoms with E-state index in [1.165, 1.54) is 0 Å². The summed E-state index contributed by atoms with van der Waals surface area (Å²) in [4.78, 5) is 14.6. The molecule has 0 unspecified atom stereocenters. The van der Waals surface area contributed by atoms with Crippen LogP contribution in [-0.2, 0) is 17.8 Å². The highest BCUT2D eigenvalue weighted by Gasteiger charge is 2.24. The SMILES string of the molecule is CCOC(=O)c1sc(N)c(C#N)c1CN(C)Cc1ccc2c(c1)OCO2. The largest absolute Gasteiger partial charge is 0.462 e. The minimum absolute atomic E-state index is 0.233. The van der Waals surface area contributed by atoms with Gasteiger partial charge in [0.05, 0.1) is 12.2 Å². The van der Waals surface area contributed by atoms with Crippen LogP contribution in [0.25, 0.3) is 0 Å². The molecule has 0 saturated heterocycles. The Morgan fingerprint density at radius 2 is 2.15 bits per heavy atom. The van der Waals surface area contributed by atoms with E-state index in [0.29, 0.717) is 34.1 Å². The predicted octanol–water partition coefficient (Wildman–Crippen LogP) is 2.74. The number of carbonyl (C=O) groups excluding carboxylic acids is 1. The van der Waals surface area contributed by atoms with E-state index in [2.05, 4.69) is 6.07 Å². The highest BCUT2D eigenvalue weighted by molar-refractivity contribution is 7.18. The van der Waals surface area contributed by atoms with Gasteiger partial charge >= 0.3 is 5.97 Å². The van der Waals surface area contributed by atoms with E-state index in [9.17, 15) is 10.1 Å². The number of nitriles is 1. The summed E-state index contributed by atoms with van der Waals surface area (Å²) in [7, 11) is 1.91. The fourth-order valence-electron chi connectivity index (χ4n) is 2.80. The molecule has 0 spiro atoms. The van der Waals surface area contributed by atoms with E-state index in [1.807, 2.05) is 30.1 Å². The first-order valence-electron chi connectivity index (χ1n) is 8.08. The second-order valence-corrected chi connectivity index (χ2v) is 6.89. The van der Waals surface area contributed by atoms with Crippen molar-refractivity contribution in [1.82, 2.24) is 4.90 Å². The highest BCUT2D eigenvalue weighted by atomic mass is 32.1. The summed E-state index contributed by atoms with van der Waals surface area (Å²) in [5.74, 6) is 1.01. The number of benzene rings is 1. The normalized spacial score (nSPS) is 12.2. The summed E-state index contributed by atoms with van der Waals surface area (Å²) >= 11 is 1.10. The van der Waals surface area contributed by atoms with Crippen LogP contribution in [0.4, 0.5) is 5.00 Å². The molecule has 2 aromatic rings. The number of esters is 1. The summed E-state index contributed by atoms with van der Waals surface area (Å²) in [6.45, 7) is 3.26. The van der Waals surface area contributed by atoms with Crippen molar-refractivity contribution in [2.75, 3.05) is 26.2 Å². The maximum Gasteiger partial charge on any atom is 0.348 e. The molecule has 0 fully saturated rings. The molecule has 3 rings (SSSR count). The molecule has 1 aromatic heterocycles. The third-order valence-electron chi connectivity index (χ3n) is 3.92. The number of nitrogen functional groups attached to an aromatic ring is 1. The van der Waals surface area contributed by atoms with Gasteiger partial charge in [0, 0.05) is 18.7 Å². The van der Waals surface area contributed by atoms with E-state index in [4.69, 9.17) is 19.9 Å². The highest BCUT2D eigenvalue weighted by Crippen LogP contribution is 2.34. The van der Waals surface area contributed by atoms with Crippen molar-refractivity contribution in [3.05, 3.63) is 39.8 Å². The molecule has 2 N–H and O–H groups in total. The van der Waals surface area contributed by atoms with Gasteiger partial charge in [-0.05, 0) is 31.7 Å². The molecule has 0 bridgehead atoms. The summed E-state index contributed by atoms with van der Waals surface area (Å²) in [5, 5.41) is 9.74. The molecule has 2 heterocycles. The number of hydrogen-bond donors (Lipinski definition) is 1. The number of ether oxygens (including phenoxy) is 3. The lowest BCUT2D eigenvalue weighted by molar-refractivity contribution is 0.0530. The Balaban J connectivity index is 1.79. The second-order valence-electron chi connectivity index (χ2n) is 5.84. The Labute approximate surface area is 155 Å². The molecule has 26 heavy (non-hydrogen) atoms. The lowest BCUT2D eigenvalue weighted by atomic mass is 10.1. The molecule has 1 aliphatic heterocycles. The van der Waals surface area contributed by atoms with E-state index in [1.54, 1.807) is 6.92 Å². The van der Waals surface area contributed by atoms with E-state index >= 15 is 0 Å². The molecule has 0 saturated carbocycles. The zero-order chi connectivity index (χ0) is 18.7. The quantitative estimate of drug-likeness (QED) is 0.778. The van der Waals surface area contributed by atoms with Crippen LogP contribution < -0.4 is 15.2 Å². The van der Waals surface area contributed by atoms with E-state index in [-0.39, 0.29) is 13.4 Å². The van der Waals surface area contributed by atoms with Crippen molar-refractivity contribution in [3.63, 3.8) is 0 Å². The summed E-state index contributed by atoms with van der Waals surface area (Å²) in [6.07, 6.45) is 0. The van der Waals surface area contributed by atoms with Crippen LogP contribution in [0.1, 0.15) is 33.3 Å². The number of fused-ring (bicyclic) bond motifs is 1. The Kier molecular flexibility index (Phi) is 5.30. The van der Waals surface area contributed by atoms with Gasteiger partial charge in [0.25, 0.3) is 0 Å². The number of rotatable bonds is 6. The Bertz CT molecular complexity index is 872. The molecule has 1 aromatic carbocycles. The van der Waals surface area contributed by atoms with Crippen molar-refractivity contribution < 1.29 is 19.0 Å². The molecule has 136 valence electrons. The Morgan fingerprint density at radius 3 is 2.88 bits per heavy atom. The van der Waals surface area contributed by atoms with Gasteiger partial charge in [-0.1, -0.05) is 6.07 Å².